The van der Waals surface area contributed by atoms with Gasteiger partial charge in [0, 0.05) is 24.1 Å². The zero-order valence-corrected chi connectivity index (χ0v) is 15.5. The molecule has 0 radical (unpaired) electrons. The normalized spacial score (nSPS) is 15.0. The molecule has 0 atom stereocenters. The van der Waals surface area contributed by atoms with Gasteiger partial charge < -0.3 is 14.5 Å². The number of benzene rings is 2. The lowest BCUT2D eigenvalue weighted by atomic mass is 9.88. The van der Waals surface area contributed by atoms with E-state index < -0.39 is 0 Å². The largest absolute Gasteiger partial charge is 0.497 e. The topological polar surface area (TPSA) is 64.4 Å². The second-order valence-electron chi connectivity index (χ2n) is 7.10. The lowest BCUT2D eigenvalue weighted by Crippen LogP contribution is -2.31. The van der Waals surface area contributed by atoms with Crippen LogP contribution in [0, 0.1) is 5.92 Å². The Morgan fingerprint density at radius 2 is 1.93 bits per heavy atom. The molecule has 0 spiro atoms. The van der Waals surface area contributed by atoms with E-state index in [1.165, 1.54) is 19.3 Å². The van der Waals surface area contributed by atoms with Crippen LogP contribution in [0.3, 0.4) is 0 Å². The van der Waals surface area contributed by atoms with E-state index in [9.17, 15) is 4.79 Å². The fourth-order valence-electron chi connectivity index (χ4n) is 3.62. The Morgan fingerprint density at radius 3 is 2.67 bits per heavy atom. The quantitative estimate of drug-likeness (QED) is 0.713. The fourth-order valence-corrected chi connectivity index (χ4v) is 3.62. The van der Waals surface area contributed by atoms with Crippen LogP contribution in [0.15, 0.2) is 46.9 Å². The SMILES string of the molecule is COc1ccc2oc(-c3ccc(CNC(=O)C4CCCCC4)cc3)nc2c1. The summed E-state index contributed by atoms with van der Waals surface area (Å²) < 4.78 is 11.1. The first-order valence-corrected chi connectivity index (χ1v) is 9.54. The molecular formula is C22H24N2O3. The Morgan fingerprint density at radius 1 is 1.15 bits per heavy atom. The molecule has 5 nitrogen and oxygen atoms in total. The third-order valence-electron chi connectivity index (χ3n) is 5.24. The van der Waals surface area contributed by atoms with E-state index in [2.05, 4.69) is 10.3 Å². The van der Waals surface area contributed by atoms with Crippen LogP contribution >= 0.6 is 0 Å². The molecule has 0 unspecified atom stereocenters. The van der Waals surface area contributed by atoms with Gasteiger partial charge in [-0.2, -0.15) is 0 Å². The highest BCUT2D eigenvalue weighted by atomic mass is 16.5. The average molecular weight is 364 g/mol. The molecule has 1 aromatic heterocycles. The average Bonchev–Trinajstić information content (AvgIpc) is 3.16. The third-order valence-corrected chi connectivity index (χ3v) is 5.24. The number of aromatic nitrogens is 1. The van der Waals surface area contributed by atoms with E-state index >= 15 is 0 Å². The number of oxazole rings is 1. The second-order valence-corrected chi connectivity index (χ2v) is 7.10. The maximum atomic E-state index is 12.3. The summed E-state index contributed by atoms with van der Waals surface area (Å²) >= 11 is 0. The van der Waals surface area contributed by atoms with Gasteiger partial charge in [-0.1, -0.05) is 31.4 Å². The molecule has 27 heavy (non-hydrogen) atoms. The van der Waals surface area contributed by atoms with Gasteiger partial charge >= 0.3 is 0 Å². The molecular weight excluding hydrogens is 340 g/mol. The van der Waals surface area contributed by atoms with E-state index in [0.717, 1.165) is 40.8 Å². The van der Waals surface area contributed by atoms with Crippen LogP contribution in [0.4, 0.5) is 0 Å². The summed E-state index contributed by atoms with van der Waals surface area (Å²) in [5.41, 5.74) is 3.48. The van der Waals surface area contributed by atoms with Crippen LogP contribution in [-0.2, 0) is 11.3 Å². The van der Waals surface area contributed by atoms with Crippen molar-refractivity contribution >= 4 is 17.0 Å². The number of hydrogen-bond acceptors (Lipinski definition) is 4. The molecule has 1 aliphatic rings. The van der Waals surface area contributed by atoms with Gasteiger partial charge in [-0.3, -0.25) is 4.79 Å². The first-order valence-electron chi connectivity index (χ1n) is 9.54. The molecule has 1 fully saturated rings. The number of rotatable bonds is 5. The summed E-state index contributed by atoms with van der Waals surface area (Å²) in [6, 6.07) is 13.5. The summed E-state index contributed by atoms with van der Waals surface area (Å²) in [5, 5.41) is 3.07. The van der Waals surface area contributed by atoms with E-state index in [4.69, 9.17) is 9.15 Å². The predicted molar refractivity (Wildman–Crippen MR) is 104 cm³/mol. The van der Waals surface area contributed by atoms with Crippen molar-refractivity contribution in [2.75, 3.05) is 7.11 Å². The van der Waals surface area contributed by atoms with Crippen molar-refractivity contribution < 1.29 is 13.9 Å². The van der Waals surface area contributed by atoms with Crippen molar-refractivity contribution in [3.8, 4) is 17.2 Å². The van der Waals surface area contributed by atoms with Gasteiger partial charge in [0.05, 0.1) is 7.11 Å². The van der Waals surface area contributed by atoms with Crippen molar-refractivity contribution in [3.63, 3.8) is 0 Å². The van der Waals surface area contributed by atoms with Gasteiger partial charge in [0.25, 0.3) is 0 Å². The summed E-state index contributed by atoms with van der Waals surface area (Å²) in [6.45, 7) is 0.556. The van der Waals surface area contributed by atoms with Gasteiger partial charge in [-0.25, -0.2) is 4.98 Å². The van der Waals surface area contributed by atoms with Crippen molar-refractivity contribution in [2.24, 2.45) is 5.92 Å². The highest BCUT2D eigenvalue weighted by Crippen LogP contribution is 2.27. The second kappa shape index (κ2) is 7.82. The lowest BCUT2D eigenvalue weighted by Gasteiger charge is -2.20. The highest BCUT2D eigenvalue weighted by molar-refractivity contribution is 5.79. The Labute approximate surface area is 158 Å². The molecule has 0 aliphatic heterocycles. The number of carbonyl (C=O) groups is 1. The van der Waals surface area contributed by atoms with Gasteiger partial charge in [0.2, 0.25) is 11.8 Å². The maximum absolute atomic E-state index is 12.3. The molecule has 1 heterocycles. The maximum Gasteiger partial charge on any atom is 0.227 e. The molecule has 1 saturated carbocycles. The molecule has 2 aromatic carbocycles. The standard InChI is InChI=1S/C22H24N2O3/c1-26-18-11-12-20-19(13-18)24-22(27-20)17-9-7-15(8-10-17)14-23-21(25)16-5-3-2-4-6-16/h7-13,16H,2-6,14H2,1H3,(H,23,25). The van der Waals surface area contributed by atoms with Crippen LogP contribution in [0.2, 0.25) is 0 Å². The predicted octanol–water partition coefficient (Wildman–Crippen LogP) is 4.70. The van der Waals surface area contributed by atoms with E-state index in [1.807, 2.05) is 42.5 Å². The molecule has 0 saturated heterocycles. The van der Waals surface area contributed by atoms with Crippen LogP contribution < -0.4 is 10.1 Å². The number of amides is 1. The van der Waals surface area contributed by atoms with Crippen molar-refractivity contribution in [1.82, 2.24) is 10.3 Å². The van der Waals surface area contributed by atoms with Crippen LogP contribution in [0.25, 0.3) is 22.6 Å². The van der Waals surface area contributed by atoms with Crippen LogP contribution in [-0.4, -0.2) is 18.0 Å². The number of hydrogen-bond donors (Lipinski definition) is 1. The summed E-state index contributed by atoms with van der Waals surface area (Å²) in [7, 11) is 1.63. The number of methoxy groups -OCH3 is 1. The zero-order chi connectivity index (χ0) is 18.6. The summed E-state index contributed by atoms with van der Waals surface area (Å²) in [4.78, 5) is 16.8. The van der Waals surface area contributed by atoms with Gasteiger partial charge in [-0.05, 0) is 42.7 Å². The van der Waals surface area contributed by atoms with Crippen LogP contribution in [0.5, 0.6) is 5.75 Å². The monoisotopic (exact) mass is 364 g/mol. The molecule has 140 valence electrons. The fraction of sp³-hybridized carbons (Fsp3) is 0.364. The van der Waals surface area contributed by atoms with Gasteiger partial charge in [0.15, 0.2) is 5.58 Å². The molecule has 1 N–H and O–H groups in total. The minimum absolute atomic E-state index is 0.187. The van der Waals surface area contributed by atoms with Crippen molar-refractivity contribution in [3.05, 3.63) is 48.0 Å². The zero-order valence-electron chi connectivity index (χ0n) is 15.5. The highest BCUT2D eigenvalue weighted by Gasteiger charge is 2.20. The Hall–Kier alpha value is -2.82. The summed E-state index contributed by atoms with van der Waals surface area (Å²) in [6.07, 6.45) is 5.64. The Bertz CT molecular complexity index is 924. The minimum Gasteiger partial charge on any atom is -0.497 e. The van der Waals surface area contributed by atoms with Crippen molar-refractivity contribution in [1.29, 1.82) is 0 Å². The molecule has 3 aromatic rings. The molecule has 1 amide bonds. The lowest BCUT2D eigenvalue weighted by molar-refractivity contribution is -0.126. The van der Waals surface area contributed by atoms with E-state index in [-0.39, 0.29) is 11.8 Å². The summed E-state index contributed by atoms with van der Waals surface area (Å²) in [5.74, 6) is 1.71. The third kappa shape index (κ3) is 3.97. The number of fused-ring (bicyclic) bond motifs is 1. The first kappa shape index (κ1) is 17.6. The Kier molecular flexibility index (Phi) is 5.10. The molecule has 0 bridgehead atoms. The number of nitrogens with one attached hydrogen (secondary N) is 1. The van der Waals surface area contributed by atoms with E-state index in [1.54, 1.807) is 7.11 Å². The van der Waals surface area contributed by atoms with E-state index in [0.29, 0.717) is 12.4 Å². The van der Waals surface area contributed by atoms with Crippen molar-refractivity contribution in [2.45, 2.75) is 38.6 Å². The number of ether oxygens (including phenoxy) is 1. The van der Waals surface area contributed by atoms with Crippen LogP contribution in [0.1, 0.15) is 37.7 Å². The molecule has 4 rings (SSSR count). The molecule has 1 aliphatic carbocycles. The molecule has 5 heteroatoms. The van der Waals surface area contributed by atoms with Gasteiger partial charge in [-0.15, -0.1) is 0 Å². The minimum atomic E-state index is 0.187. The Balaban J connectivity index is 1.42. The number of nitrogens with zero attached hydrogens (tertiary/aromatic N) is 1. The number of carbonyl (C=O) groups excluding carboxylic acids is 1. The van der Waals surface area contributed by atoms with Gasteiger partial charge in [0.1, 0.15) is 11.3 Å². The smallest absolute Gasteiger partial charge is 0.227 e. The first-order chi connectivity index (χ1) is 13.2.